The van der Waals surface area contributed by atoms with Crippen LogP contribution in [0, 0.1) is 28.6 Å². The van der Waals surface area contributed by atoms with E-state index in [-0.39, 0.29) is 23.5 Å². The molecule has 0 saturated heterocycles. The standard InChI is InChI=1S/C21H31NO4/c1-20-9-7-14(22-26-12-19(24)25)11-13(20)3-4-15-16-5-6-18(23)21(16,2)10-8-17(15)20/h11,15-18,23H,3-10,12H2,1-2H3,(H,24,25)/b22-14+/t15-,16-,17-,18-,20-,21-/m0/s1. The van der Waals surface area contributed by atoms with Crippen molar-refractivity contribution in [1.82, 2.24) is 0 Å². The van der Waals surface area contributed by atoms with Crippen LogP contribution in [0.2, 0.25) is 0 Å². The van der Waals surface area contributed by atoms with Crippen molar-refractivity contribution in [2.75, 3.05) is 6.61 Å². The lowest BCUT2D eigenvalue weighted by Crippen LogP contribution is -2.51. The zero-order valence-electron chi connectivity index (χ0n) is 15.9. The molecule has 0 bridgehead atoms. The van der Waals surface area contributed by atoms with Gasteiger partial charge in [0.25, 0.3) is 0 Å². The lowest BCUT2D eigenvalue weighted by molar-refractivity contribution is -0.142. The van der Waals surface area contributed by atoms with E-state index in [1.54, 1.807) is 0 Å². The summed E-state index contributed by atoms with van der Waals surface area (Å²) in [5.41, 5.74) is 2.72. The number of aliphatic carboxylic acids is 1. The van der Waals surface area contributed by atoms with E-state index in [1.807, 2.05) is 0 Å². The van der Waals surface area contributed by atoms with Crippen molar-refractivity contribution < 1.29 is 19.8 Å². The molecule has 0 amide bonds. The Labute approximate surface area is 155 Å². The van der Waals surface area contributed by atoms with E-state index in [4.69, 9.17) is 9.94 Å². The Balaban J connectivity index is 1.55. The molecule has 3 fully saturated rings. The Bertz CT molecular complexity index is 656. The second-order valence-electron chi connectivity index (χ2n) is 9.39. The number of allylic oxidation sites excluding steroid dienone is 2. The first-order valence-electron chi connectivity index (χ1n) is 10.1. The highest BCUT2D eigenvalue weighted by molar-refractivity contribution is 5.96. The van der Waals surface area contributed by atoms with Gasteiger partial charge in [-0.15, -0.1) is 0 Å². The maximum atomic E-state index is 10.6. The second-order valence-corrected chi connectivity index (χ2v) is 9.39. The molecule has 4 aliphatic carbocycles. The molecule has 26 heavy (non-hydrogen) atoms. The molecule has 0 heterocycles. The number of carboxylic acids is 1. The van der Waals surface area contributed by atoms with E-state index in [1.165, 1.54) is 24.8 Å². The molecule has 0 aliphatic heterocycles. The van der Waals surface area contributed by atoms with Crippen LogP contribution in [-0.2, 0) is 9.63 Å². The minimum atomic E-state index is -0.993. The molecule has 4 rings (SSSR count). The maximum Gasteiger partial charge on any atom is 0.344 e. The Hall–Kier alpha value is -1.36. The average molecular weight is 361 g/mol. The highest BCUT2D eigenvalue weighted by Gasteiger charge is 2.58. The fourth-order valence-electron chi connectivity index (χ4n) is 6.79. The number of rotatable bonds is 3. The molecule has 0 radical (unpaired) electrons. The molecule has 5 nitrogen and oxygen atoms in total. The summed E-state index contributed by atoms with van der Waals surface area (Å²) in [5, 5.41) is 23.3. The van der Waals surface area contributed by atoms with Gasteiger partial charge in [-0.3, -0.25) is 0 Å². The van der Waals surface area contributed by atoms with E-state index >= 15 is 0 Å². The number of fused-ring (bicyclic) bond motifs is 5. The number of nitrogens with zero attached hydrogens (tertiary/aromatic N) is 1. The van der Waals surface area contributed by atoms with Crippen molar-refractivity contribution in [2.45, 2.75) is 71.3 Å². The van der Waals surface area contributed by atoms with Crippen LogP contribution in [0.4, 0.5) is 0 Å². The Kier molecular flexibility index (Phi) is 4.41. The third-order valence-corrected chi connectivity index (χ3v) is 8.30. The molecule has 0 aromatic rings. The van der Waals surface area contributed by atoms with Crippen molar-refractivity contribution in [1.29, 1.82) is 0 Å². The van der Waals surface area contributed by atoms with E-state index in [0.717, 1.165) is 43.7 Å². The predicted molar refractivity (Wildman–Crippen MR) is 98.7 cm³/mol. The minimum absolute atomic E-state index is 0.116. The molecular formula is C21H31NO4. The number of hydrogen-bond acceptors (Lipinski definition) is 4. The second kappa shape index (κ2) is 6.36. The van der Waals surface area contributed by atoms with E-state index < -0.39 is 5.97 Å². The van der Waals surface area contributed by atoms with Gasteiger partial charge in [0, 0.05) is 0 Å². The van der Waals surface area contributed by atoms with Crippen LogP contribution in [0.5, 0.6) is 0 Å². The molecule has 0 unspecified atom stereocenters. The van der Waals surface area contributed by atoms with Crippen LogP contribution >= 0.6 is 0 Å². The van der Waals surface area contributed by atoms with Crippen molar-refractivity contribution >= 4 is 11.7 Å². The van der Waals surface area contributed by atoms with Gasteiger partial charge in [0.05, 0.1) is 11.8 Å². The van der Waals surface area contributed by atoms with E-state index in [0.29, 0.717) is 11.8 Å². The van der Waals surface area contributed by atoms with Gasteiger partial charge in [0.15, 0.2) is 0 Å². The number of carbonyl (C=O) groups is 1. The highest BCUT2D eigenvalue weighted by atomic mass is 16.6. The van der Waals surface area contributed by atoms with Crippen LogP contribution in [0.15, 0.2) is 16.8 Å². The average Bonchev–Trinajstić information content (AvgIpc) is 2.90. The highest BCUT2D eigenvalue weighted by Crippen LogP contribution is 2.65. The third kappa shape index (κ3) is 2.70. The summed E-state index contributed by atoms with van der Waals surface area (Å²) >= 11 is 0. The van der Waals surface area contributed by atoms with E-state index in [9.17, 15) is 9.90 Å². The molecule has 5 heteroatoms. The SMILES string of the molecule is C[C@]12CC[C@H]3[C@@H](CCC4=C/C(=N/OCC(=O)O)CC[C@@]43C)[C@@H]1CC[C@@H]2O. The first kappa shape index (κ1) is 18.0. The summed E-state index contributed by atoms with van der Waals surface area (Å²) in [5.74, 6) is 1.11. The van der Waals surface area contributed by atoms with Gasteiger partial charge < -0.3 is 15.1 Å². The van der Waals surface area contributed by atoms with Crippen LogP contribution in [0.1, 0.15) is 65.2 Å². The normalized spacial score (nSPS) is 46.1. The van der Waals surface area contributed by atoms with Gasteiger partial charge in [0.2, 0.25) is 6.61 Å². The molecule has 144 valence electrons. The fraction of sp³-hybridized carbons (Fsp3) is 0.810. The van der Waals surface area contributed by atoms with Crippen molar-refractivity contribution in [3.63, 3.8) is 0 Å². The fourth-order valence-corrected chi connectivity index (χ4v) is 6.79. The zero-order valence-corrected chi connectivity index (χ0v) is 15.9. The quantitative estimate of drug-likeness (QED) is 0.750. The number of oxime groups is 1. The first-order valence-corrected chi connectivity index (χ1v) is 10.1. The van der Waals surface area contributed by atoms with Crippen molar-refractivity contribution in [3.8, 4) is 0 Å². The summed E-state index contributed by atoms with van der Waals surface area (Å²) in [6.45, 7) is 4.38. The molecule has 0 aromatic carbocycles. The Morgan fingerprint density at radius 1 is 1.19 bits per heavy atom. The summed E-state index contributed by atoms with van der Waals surface area (Å²) in [6.07, 6.45) is 10.8. The molecule has 3 saturated carbocycles. The minimum Gasteiger partial charge on any atom is -0.479 e. The molecule has 4 aliphatic rings. The lowest BCUT2D eigenvalue weighted by Gasteiger charge is -2.57. The van der Waals surface area contributed by atoms with Gasteiger partial charge in [-0.05, 0) is 86.0 Å². The molecule has 2 N–H and O–H groups in total. The lowest BCUT2D eigenvalue weighted by atomic mass is 9.47. The van der Waals surface area contributed by atoms with Crippen LogP contribution in [0.25, 0.3) is 0 Å². The van der Waals surface area contributed by atoms with Gasteiger partial charge in [-0.2, -0.15) is 0 Å². The summed E-state index contributed by atoms with van der Waals surface area (Å²) in [4.78, 5) is 15.5. The van der Waals surface area contributed by atoms with Gasteiger partial charge in [0.1, 0.15) is 0 Å². The van der Waals surface area contributed by atoms with Gasteiger partial charge >= 0.3 is 5.97 Å². The van der Waals surface area contributed by atoms with Gasteiger partial charge in [-0.25, -0.2) is 4.79 Å². The molecule has 0 spiro atoms. The van der Waals surface area contributed by atoms with Crippen LogP contribution in [-0.4, -0.2) is 34.6 Å². The molecule has 0 aromatic heterocycles. The number of hydrogen-bond donors (Lipinski definition) is 2. The topological polar surface area (TPSA) is 79.1 Å². The third-order valence-electron chi connectivity index (χ3n) is 8.30. The monoisotopic (exact) mass is 361 g/mol. The zero-order chi connectivity index (χ0) is 18.5. The van der Waals surface area contributed by atoms with Gasteiger partial charge in [-0.1, -0.05) is 24.6 Å². The number of aliphatic hydroxyl groups is 1. The number of aliphatic hydroxyl groups excluding tert-OH is 1. The van der Waals surface area contributed by atoms with Crippen molar-refractivity contribution in [3.05, 3.63) is 11.6 Å². The van der Waals surface area contributed by atoms with Crippen LogP contribution in [0.3, 0.4) is 0 Å². The largest absolute Gasteiger partial charge is 0.479 e. The maximum absolute atomic E-state index is 10.6. The number of carboxylic acid groups (broad SMARTS) is 1. The smallest absolute Gasteiger partial charge is 0.344 e. The summed E-state index contributed by atoms with van der Waals surface area (Å²) < 4.78 is 0. The Morgan fingerprint density at radius 2 is 2.00 bits per heavy atom. The van der Waals surface area contributed by atoms with E-state index in [2.05, 4.69) is 25.1 Å². The molecular weight excluding hydrogens is 330 g/mol. The Morgan fingerprint density at radius 3 is 2.77 bits per heavy atom. The summed E-state index contributed by atoms with van der Waals surface area (Å²) in [7, 11) is 0. The van der Waals surface area contributed by atoms with Crippen molar-refractivity contribution in [2.24, 2.45) is 33.7 Å². The first-order chi connectivity index (χ1) is 12.3. The molecule has 6 atom stereocenters. The summed E-state index contributed by atoms with van der Waals surface area (Å²) in [6, 6.07) is 0. The van der Waals surface area contributed by atoms with Crippen LogP contribution < -0.4 is 0 Å². The predicted octanol–water partition coefficient (Wildman–Crippen LogP) is 3.77.